The second-order valence-electron chi connectivity index (χ2n) is 4.16. The van der Waals surface area contributed by atoms with Gasteiger partial charge in [-0.3, -0.25) is 4.79 Å². The van der Waals surface area contributed by atoms with Crippen molar-refractivity contribution in [2.45, 2.75) is 51.2 Å². The van der Waals surface area contributed by atoms with Gasteiger partial charge in [0.1, 0.15) is 6.04 Å². The fraction of sp³-hybridized carbons (Fsp3) is 0.818. The number of aliphatic carboxylic acids is 1. The van der Waals surface area contributed by atoms with Gasteiger partial charge in [-0.05, 0) is 32.1 Å². The van der Waals surface area contributed by atoms with E-state index < -0.39 is 12.0 Å². The van der Waals surface area contributed by atoms with Gasteiger partial charge in [-0.25, -0.2) is 4.79 Å². The van der Waals surface area contributed by atoms with Crippen molar-refractivity contribution in [3.05, 3.63) is 0 Å². The molecular weight excluding hydrogens is 210 g/mol. The lowest BCUT2D eigenvalue weighted by molar-refractivity contribution is -0.141. The van der Waals surface area contributed by atoms with E-state index in [0.717, 1.165) is 32.3 Å². The first kappa shape index (κ1) is 13.0. The number of hydrogen-bond acceptors (Lipinski definition) is 3. The molecule has 0 spiro atoms. The van der Waals surface area contributed by atoms with Gasteiger partial charge in [0.05, 0.1) is 6.10 Å². The van der Waals surface area contributed by atoms with Crippen molar-refractivity contribution in [1.82, 2.24) is 5.32 Å². The summed E-state index contributed by atoms with van der Waals surface area (Å²) in [5.41, 5.74) is 0. The number of carbonyl (C=O) groups excluding carboxylic acids is 1. The number of amides is 1. The molecule has 5 nitrogen and oxygen atoms in total. The van der Waals surface area contributed by atoms with E-state index in [0.29, 0.717) is 6.42 Å². The molecule has 1 rings (SSSR count). The molecule has 16 heavy (non-hydrogen) atoms. The maximum absolute atomic E-state index is 10.8. The summed E-state index contributed by atoms with van der Waals surface area (Å²) in [6, 6.07) is -0.765. The van der Waals surface area contributed by atoms with Gasteiger partial charge < -0.3 is 15.2 Å². The molecule has 2 N–H and O–H groups in total. The summed E-state index contributed by atoms with van der Waals surface area (Å²) in [5, 5.41) is 11.3. The van der Waals surface area contributed by atoms with Crippen LogP contribution in [-0.2, 0) is 14.3 Å². The van der Waals surface area contributed by atoms with E-state index in [4.69, 9.17) is 9.84 Å². The summed E-state index contributed by atoms with van der Waals surface area (Å²) < 4.78 is 5.44. The fourth-order valence-electron chi connectivity index (χ4n) is 1.92. The van der Waals surface area contributed by atoms with E-state index in [1.165, 1.54) is 6.92 Å². The van der Waals surface area contributed by atoms with Gasteiger partial charge >= 0.3 is 5.97 Å². The van der Waals surface area contributed by atoms with Crippen LogP contribution < -0.4 is 5.32 Å². The van der Waals surface area contributed by atoms with Crippen LogP contribution in [0.15, 0.2) is 0 Å². The number of carbonyl (C=O) groups is 2. The lowest BCUT2D eigenvalue weighted by Crippen LogP contribution is -2.39. The van der Waals surface area contributed by atoms with E-state index >= 15 is 0 Å². The maximum atomic E-state index is 10.8. The highest BCUT2D eigenvalue weighted by molar-refractivity contribution is 5.81. The van der Waals surface area contributed by atoms with Crippen molar-refractivity contribution in [1.29, 1.82) is 0 Å². The summed E-state index contributed by atoms with van der Waals surface area (Å²) >= 11 is 0. The molecule has 0 aromatic heterocycles. The Labute approximate surface area is 95.2 Å². The average molecular weight is 229 g/mol. The number of carboxylic acid groups (broad SMARTS) is 1. The van der Waals surface area contributed by atoms with Gasteiger partial charge in [-0.15, -0.1) is 0 Å². The Balaban J connectivity index is 2.21. The number of nitrogens with one attached hydrogen (secondary N) is 1. The first-order valence-corrected chi connectivity index (χ1v) is 5.71. The van der Waals surface area contributed by atoms with Gasteiger partial charge in [0.15, 0.2) is 0 Å². The van der Waals surface area contributed by atoms with Crippen molar-refractivity contribution >= 4 is 11.9 Å². The first-order valence-electron chi connectivity index (χ1n) is 5.71. The smallest absolute Gasteiger partial charge is 0.326 e. The molecular formula is C11H19NO4. The zero-order valence-electron chi connectivity index (χ0n) is 9.57. The lowest BCUT2D eigenvalue weighted by atomic mass is 10.1. The first-order chi connectivity index (χ1) is 7.59. The molecule has 0 aromatic rings. The third-order valence-electron chi connectivity index (χ3n) is 2.72. The van der Waals surface area contributed by atoms with Crippen molar-refractivity contribution in [3.8, 4) is 0 Å². The summed E-state index contributed by atoms with van der Waals surface area (Å²) in [4.78, 5) is 21.6. The minimum Gasteiger partial charge on any atom is -0.480 e. The van der Waals surface area contributed by atoms with E-state index in [2.05, 4.69) is 5.32 Å². The van der Waals surface area contributed by atoms with E-state index in [1.54, 1.807) is 0 Å². The molecule has 1 fully saturated rings. The summed E-state index contributed by atoms with van der Waals surface area (Å²) in [6.07, 6.45) is 4.56. The third kappa shape index (κ3) is 4.61. The Morgan fingerprint density at radius 1 is 1.56 bits per heavy atom. The van der Waals surface area contributed by atoms with Crippen molar-refractivity contribution < 1.29 is 19.4 Å². The highest BCUT2D eigenvalue weighted by Gasteiger charge is 2.20. The molecule has 0 bridgehead atoms. The average Bonchev–Trinajstić information content (AvgIpc) is 2.68. The standard InChI is InChI=1S/C11H19NO4/c1-8(13)12-10(11(14)15)6-2-4-9-5-3-7-16-9/h9-10H,2-7H2,1H3,(H,12,13)(H,14,15). The van der Waals surface area contributed by atoms with Crippen LogP contribution in [0.3, 0.4) is 0 Å². The minimum atomic E-state index is -0.970. The highest BCUT2D eigenvalue weighted by atomic mass is 16.5. The topological polar surface area (TPSA) is 75.6 Å². The monoisotopic (exact) mass is 229 g/mol. The molecule has 1 heterocycles. The van der Waals surface area contributed by atoms with Gasteiger partial charge in [0.25, 0.3) is 0 Å². The molecule has 0 aromatic carbocycles. The second-order valence-corrected chi connectivity index (χ2v) is 4.16. The molecule has 0 saturated carbocycles. The maximum Gasteiger partial charge on any atom is 0.326 e. The van der Waals surface area contributed by atoms with Gasteiger partial charge in [0, 0.05) is 13.5 Å². The van der Waals surface area contributed by atoms with Crippen LogP contribution >= 0.6 is 0 Å². The molecule has 2 unspecified atom stereocenters. The van der Waals surface area contributed by atoms with Crippen molar-refractivity contribution in [2.24, 2.45) is 0 Å². The molecule has 2 atom stereocenters. The molecule has 1 aliphatic rings. The Morgan fingerprint density at radius 2 is 2.31 bits per heavy atom. The van der Waals surface area contributed by atoms with Crippen LogP contribution in [-0.4, -0.2) is 35.7 Å². The molecule has 1 amide bonds. The summed E-state index contributed by atoms with van der Waals surface area (Å²) in [7, 11) is 0. The van der Waals surface area contributed by atoms with Gasteiger partial charge in [-0.1, -0.05) is 0 Å². The molecule has 1 aliphatic heterocycles. The van der Waals surface area contributed by atoms with Gasteiger partial charge in [0.2, 0.25) is 5.91 Å². The summed E-state index contributed by atoms with van der Waals surface area (Å²) in [6.45, 7) is 2.15. The van der Waals surface area contributed by atoms with Crippen LogP contribution in [0, 0.1) is 0 Å². The minimum absolute atomic E-state index is 0.284. The predicted molar refractivity (Wildman–Crippen MR) is 58.1 cm³/mol. The Kier molecular flexibility index (Phi) is 5.25. The molecule has 0 aliphatic carbocycles. The normalized spacial score (nSPS) is 21.7. The number of rotatable bonds is 6. The van der Waals surface area contributed by atoms with Gasteiger partial charge in [-0.2, -0.15) is 0 Å². The van der Waals surface area contributed by atoms with Crippen LogP contribution in [0.4, 0.5) is 0 Å². The number of ether oxygens (including phenoxy) is 1. The molecule has 5 heteroatoms. The van der Waals surface area contributed by atoms with E-state index in [1.807, 2.05) is 0 Å². The molecule has 0 radical (unpaired) electrons. The van der Waals surface area contributed by atoms with Crippen LogP contribution in [0.1, 0.15) is 39.0 Å². The Bertz CT molecular complexity index is 248. The number of carboxylic acids is 1. The Morgan fingerprint density at radius 3 is 2.81 bits per heavy atom. The largest absolute Gasteiger partial charge is 0.480 e. The van der Waals surface area contributed by atoms with Crippen LogP contribution in [0.2, 0.25) is 0 Å². The van der Waals surface area contributed by atoms with Crippen LogP contribution in [0.25, 0.3) is 0 Å². The van der Waals surface area contributed by atoms with E-state index in [-0.39, 0.29) is 12.0 Å². The second kappa shape index (κ2) is 6.48. The van der Waals surface area contributed by atoms with Crippen molar-refractivity contribution in [3.63, 3.8) is 0 Å². The SMILES string of the molecule is CC(=O)NC(CCCC1CCCO1)C(=O)O. The number of hydrogen-bond donors (Lipinski definition) is 2. The predicted octanol–water partition coefficient (Wildman–Crippen LogP) is 0.925. The zero-order valence-corrected chi connectivity index (χ0v) is 9.57. The molecule has 92 valence electrons. The third-order valence-corrected chi connectivity index (χ3v) is 2.72. The Hall–Kier alpha value is -1.10. The van der Waals surface area contributed by atoms with Crippen LogP contribution in [0.5, 0.6) is 0 Å². The quantitative estimate of drug-likeness (QED) is 0.710. The fourth-order valence-corrected chi connectivity index (χ4v) is 1.92. The van der Waals surface area contributed by atoms with Crippen molar-refractivity contribution in [2.75, 3.05) is 6.61 Å². The summed E-state index contributed by atoms with van der Waals surface area (Å²) in [5.74, 6) is -1.27. The molecule has 1 saturated heterocycles. The zero-order chi connectivity index (χ0) is 12.0. The van der Waals surface area contributed by atoms with E-state index in [9.17, 15) is 9.59 Å². The highest BCUT2D eigenvalue weighted by Crippen LogP contribution is 2.18. The lowest BCUT2D eigenvalue weighted by Gasteiger charge is -2.14.